The molecule has 1 N–H and O–H groups in total. The largest absolute Gasteiger partial charge is 0.364 e. The first-order valence-electron chi connectivity index (χ1n) is 9.86. The predicted octanol–water partition coefficient (Wildman–Crippen LogP) is 3.88. The molecular formula is C23H32N2O. The van der Waals surface area contributed by atoms with Gasteiger partial charge >= 0.3 is 0 Å². The Bertz CT molecular complexity index is 695. The van der Waals surface area contributed by atoms with Crippen LogP contribution in [0.4, 0.5) is 0 Å². The number of aryl methyl sites for hydroxylation is 2. The van der Waals surface area contributed by atoms with Crippen molar-refractivity contribution in [2.24, 2.45) is 0 Å². The second-order valence-corrected chi connectivity index (χ2v) is 7.31. The van der Waals surface area contributed by atoms with Crippen molar-refractivity contribution >= 4 is 0 Å². The standard InChI is InChI=1S/C23H32N2O/c1-4-23(21-8-6-5-7-9-21,22-18-19(2)10-11-20(22)3)26-17-16-25-14-12-24-13-15-25/h5-11,18,24H,4,12-17H2,1-3H3. The molecule has 1 atom stereocenters. The van der Waals surface area contributed by atoms with Gasteiger partial charge in [-0.2, -0.15) is 0 Å². The molecule has 1 heterocycles. The van der Waals surface area contributed by atoms with E-state index in [1.54, 1.807) is 0 Å². The molecule has 3 rings (SSSR count). The van der Waals surface area contributed by atoms with Crippen LogP contribution in [0.5, 0.6) is 0 Å². The third kappa shape index (κ3) is 4.17. The van der Waals surface area contributed by atoms with Crippen LogP contribution in [0.15, 0.2) is 48.5 Å². The molecule has 0 radical (unpaired) electrons. The van der Waals surface area contributed by atoms with Gasteiger partial charge in [0.2, 0.25) is 0 Å². The van der Waals surface area contributed by atoms with E-state index in [9.17, 15) is 0 Å². The third-order valence-corrected chi connectivity index (χ3v) is 5.53. The fourth-order valence-corrected chi connectivity index (χ4v) is 3.98. The Morgan fingerprint density at radius 3 is 2.46 bits per heavy atom. The van der Waals surface area contributed by atoms with Crippen LogP contribution in [0, 0.1) is 13.8 Å². The summed E-state index contributed by atoms with van der Waals surface area (Å²) in [6.07, 6.45) is 0.920. The molecular weight excluding hydrogens is 320 g/mol. The van der Waals surface area contributed by atoms with Crippen LogP contribution in [0.1, 0.15) is 35.6 Å². The zero-order valence-electron chi connectivity index (χ0n) is 16.4. The number of nitrogens with zero attached hydrogens (tertiary/aromatic N) is 1. The molecule has 140 valence electrons. The predicted molar refractivity (Wildman–Crippen MR) is 109 cm³/mol. The Hall–Kier alpha value is -1.68. The Balaban J connectivity index is 1.89. The molecule has 0 amide bonds. The van der Waals surface area contributed by atoms with Gasteiger partial charge in [-0.3, -0.25) is 4.90 Å². The van der Waals surface area contributed by atoms with Gasteiger partial charge in [-0.05, 0) is 37.0 Å². The van der Waals surface area contributed by atoms with Crippen LogP contribution in [-0.2, 0) is 10.3 Å². The molecule has 0 aliphatic carbocycles. The summed E-state index contributed by atoms with van der Waals surface area (Å²) in [5, 5.41) is 3.42. The Labute approximate surface area is 158 Å². The molecule has 1 aliphatic rings. The third-order valence-electron chi connectivity index (χ3n) is 5.53. The zero-order chi connectivity index (χ0) is 18.4. The van der Waals surface area contributed by atoms with E-state index < -0.39 is 0 Å². The molecule has 0 saturated carbocycles. The monoisotopic (exact) mass is 352 g/mol. The van der Waals surface area contributed by atoms with Crippen molar-refractivity contribution in [1.82, 2.24) is 10.2 Å². The van der Waals surface area contributed by atoms with Crippen molar-refractivity contribution in [3.05, 3.63) is 70.8 Å². The van der Waals surface area contributed by atoms with Crippen molar-refractivity contribution in [2.75, 3.05) is 39.3 Å². The van der Waals surface area contributed by atoms with Crippen molar-refractivity contribution in [2.45, 2.75) is 32.8 Å². The minimum absolute atomic E-state index is 0.384. The minimum Gasteiger partial charge on any atom is -0.364 e. The zero-order valence-corrected chi connectivity index (χ0v) is 16.4. The lowest BCUT2D eigenvalue weighted by molar-refractivity contribution is -0.0316. The highest BCUT2D eigenvalue weighted by Gasteiger charge is 2.35. The molecule has 1 aliphatic heterocycles. The van der Waals surface area contributed by atoms with Crippen molar-refractivity contribution < 1.29 is 4.74 Å². The number of hydrogen-bond acceptors (Lipinski definition) is 3. The first-order valence-corrected chi connectivity index (χ1v) is 9.86. The quantitative estimate of drug-likeness (QED) is 0.818. The van der Waals surface area contributed by atoms with Crippen LogP contribution in [0.2, 0.25) is 0 Å². The molecule has 0 bridgehead atoms. The average molecular weight is 353 g/mol. The molecule has 26 heavy (non-hydrogen) atoms. The normalized spacial score (nSPS) is 17.8. The van der Waals surface area contributed by atoms with E-state index in [0.29, 0.717) is 0 Å². The average Bonchev–Trinajstić information content (AvgIpc) is 2.69. The Morgan fingerprint density at radius 1 is 1.04 bits per heavy atom. The SMILES string of the molecule is CCC(OCCN1CCNCC1)(c1ccccc1)c1cc(C)ccc1C. The summed E-state index contributed by atoms with van der Waals surface area (Å²) in [6.45, 7) is 12.7. The number of ether oxygens (including phenoxy) is 1. The lowest BCUT2D eigenvalue weighted by atomic mass is 9.81. The summed E-state index contributed by atoms with van der Waals surface area (Å²) in [5.41, 5.74) is 4.74. The summed E-state index contributed by atoms with van der Waals surface area (Å²) in [5.74, 6) is 0. The smallest absolute Gasteiger partial charge is 0.118 e. The minimum atomic E-state index is -0.384. The van der Waals surface area contributed by atoms with Crippen LogP contribution in [0.25, 0.3) is 0 Å². The topological polar surface area (TPSA) is 24.5 Å². The van der Waals surface area contributed by atoms with Gasteiger partial charge in [0.05, 0.1) is 6.61 Å². The molecule has 3 nitrogen and oxygen atoms in total. The van der Waals surface area contributed by atoms with Gasteiger partial charge in [-0.1, -0.05) is 61.0 Å². The first-order chi connectivity index (χ1) is 12.7. The number of benzene rings is 2. The van der Waals surface area contributed by atoms with Gasteiger partial charge in [0.15, 0.2) is 0 Å². The van der Waals surface area contributed by atoms with Crippen molar-refractivity contribution in [1.29, 1.82) is 0 Å². The lowest BCUT2D eigenvalue weighted by Crippen LogP contribution is -2.45. The highest BCUT2D eigenvalue weighted by atomic mass is 16.5. The van der Waals surface area contributed by atoms with Gasteiger partial charge in [0, 0.05) is 32.7 Å². The number of nitrogens with one attached hydrogen (secondary N) is 1. The summed E-state index contributed by atoms with van der Waals surface area (Å²) in [6, 6.07) is 17.4. The molecule has 2 aromatic carbocycles. The van der Waals surface area contributed by atoms with Gasteiger partial charge < -0.3 is 10.1 Å². The molecule has 3 heteroatoms. The number of piperazine rings is 1. The summed E-state index contributed by atoms with van der Waals surface area (Å²) in [7, 11) is 0. The van der Waals surface area contributed by atoms with E-state index in [1.807, 2.05) is 0 Å². The summed E-state index contributed by atoms with van der Waals surface area (Å²) >= 11 is 0. The van der Waals surface area contributed by atoms with Crippen molar-refractivity contribution in [3.8, 4) is 0 Å². The van der Waals surface area contributed by atoms with Crippen LogP contribution in [-0.4, -0.2) is 44.2 Å². The summed E-state index contributed by atoms with van der Waals surface area (Å²) in [4.78, 5) is 2.49. The van der Waals surface area contributed by atoms with E-state index >= 15 is 0 Å². The number of rotatable bonds is 7. The van der Waals surface area contributed by atoms with Gasteiger partial charge in [-0.25, -0.2) is 0 Å². The van der Waals surface area contributed by atoms with E-state index in [2.05, 4.69) is 79.5 Å². The van der Waals surface area contributed by atoms with Crippen LogP contribution >= 0.6 is 0 Å². The maximum atomic E-state index is 6.73. The molecule has 0 spiro atoms. The van der Waals surface area contributed by atoms with Crippen molar-refractivity contribution in [3.63, 3.8) is 0 Å². The first kappa shape index (κ1) is 19.1. The van der Waals surface area contributed by atoms with E-state index in [0.717, 1.165) is 45.8 Å². The number of hydrogen-bond donors (Lipinski definition) is 1. The Morgan fingerprint density at radius 2 is 1.77 bits per heavy atom. The molecule has 2 aromatic rings. The van der Waals surface area contributed by atoms with Crippen LogP contribution in [0.3, 0.4) is 0 Å². The van der Waals surface area contributed by atoms with Gasteiger partial charge in [-0.15, -0.1) is 0 Å². The van der Waals surface area contributed by atoms with Gasteiger partial charge in [0.1, 0.15) is 5.60 Å². The maximum Gasteiger partial charge on any atom is 0.118 e. The molecule has 0 aromatic heterocycles. The lowest BCUT2D eigenvalue weighted by Gasteiger charge is -2.37. The van der Waals surface area contributed by atoms with E-state index in [1.165, 1.54) is 22.3 Å². The Kier molecular flexibility index (Phi) is 6.47. The van der Waals surface area contributed by atoms with Gasteiger partial charge in [0.25, 0.3) is 0 Å². The summed E-state index contributed by atoms with van der Waals surface area (Å²) < 4.78 is 6.73. The van der Waals surface area contributed by atoms with E-state index in [-0.39, 0.29) is 5.60 Å². The van der Waals surface area contributed by atoms with Crippen LogP contribution < -0.4 is 5.32 Å². The molecule has 1 unspecified atom stereocenters. The highest BCUT2D eigenvalue weighted by molar-refractivity contribution is 5.42. The molecule has 1 fully saturated rings. The fraction of sp³-hybridized carbons (Fsp3) is 0.478. The maximum absolute atomic E-state index is 6.73. The fourth-order valence-electron chi connectivity index (χ4n) is 3.98. The second-order valence-electron chi connectivity index (χ2n) is 7.31. The second kappa shape index (κ2) is 8.81. The van der Waals surface area contributed by atoms with E-state index in [4.69, 9.17) is 4.74 Å². The highest BCUT2D eigenvalue weighted by Crippen LogP contribution is 2.39. The molecule has 1 saturated heterocycles.